The normalized spacial score (nSPS) is 25.4. The van der Waals surface area contributed by atoms with Crippen molar-refractivity contribution in [1.29, 1.82) is 0 Å². The average Bonchev–Trinajstić information content (AvgIpc) is 2.38. The number of nitrogens with zero attached hydrogens (tertiary/aromatic N) is 1. The van der Waals surface area contributed by atoms with E-state index in [1.54, 1.807) is 0 Å². The van der Waals surface area contributed by atoms with Crippen LogP contribution in [0.15, 0.2) is 0 Å². The molecule has 102 valence electrons. The van der Waals surface area contributed by atoms with E-state index in [4.69, 9.17) is 5.11 Å². The minimum atomic E-state index is 0.358. The van der Waals surface area contributed by atoms with Crippen LogP contribution in [0.2, 0.25) is 0 Å². The van der Waals surface area contributed by atoms with E-state index in [0.717, 1.165) is 18.4 Å². The summed E-state index contributed by atoms with van der Waals surface area (Å²) in [7, 11) is 2.29. The highest BCUT2D eigenvalue weighted by molar-refractivity contribution is 4.77. The number of hydrogen-bond donors (Lipinski definition) is 1. The lowest BCUT2D eigenvalue weighted by atomic mass is 9.84. The predicted octanol–water partition coefficient (Wildman–Crippen LogP) is 3.44. The molecule has 0 aromatic rings. The molecule has 0 radical (unpaired) electrons. The topological polar surface area (TPSA) is 23.5 Å². The van der Waals surface area contributed by atoms with E-state index < -0.39 is 0 Å². The third-order valence-electron chi connectivity index (χ3n) is 4.44. The summed E-state index contributed by atoms with van der Waals surface area (Å²) in [6.07, 6.45) is 11.8. The fourth-order valence-corrected chi connectivity index (χ4v) is 3.00. The molecule has 0 saturated heterocycles. The molecule has 1 aliphatic rings. The molecule has 0 amide bonds. The first-order valence-corrected chi connectivity index (χ1v) is 7.59. The van der Waals surface area contributed by atoms with Gasteiger partial charge in [-0.15, -0.1) is 0 Å². The van der Waals surface area contributed by atoms with E-state index in [2.05, 4.69) is 18.9 Å². The SMILES string of the molecule is CCC1CCC(N(C)CCCCCCO)CC1. The van der Waals surface area contributed by atoms with Crippen molar-refractivity contribution in [3.63, 3.8) is 0 Å². The van der Waals surface area contributed by atoms with E-state index in [1.807, 2.05) is 0 Å². The second kappa shape index (κ2) is 8.93. The molecule has 1 fully saturated rings. The van der Waals surface area contributed by atoms with Gasteiger partial charge in [-0.1, -0.05) is 26.2 Å². The van der Waals surface area contributed by atoms with E-state index in [-0.39, 0.29) is 0 Å². The lowest BCUT2D eigenvalue weighted by molar-refractivity contribution is 0.161. The number of aliphatic hydroxyl groups excluding tert-OH is 1. The molecule has 0 unspecified atom stereocenters. The summed E-state index contributed by atoms with van der Waals surface area (Å²) < 4.78 is 0. The van der Waals surface area contributed by atoms with Gasteiger partial charge in [-0.05, 0) is 58.0 Å². The van der Waals surface area contributed by atoms with Crippen molar-refractivity contribution in [1.82, 2.24) is 4.90 Å². The van der Waals surface area contributed by atoms with Gasteiger partial charge in [0.2, 0.25) is 0 Å². The van der Waals surface area contributed by atoms with Crippen LogP contribution in [0.4, 0.5) is 0 Å². The van der Waals surface area contributed by atoms with Crippen LogP contribution in [0.5, 0.6) is 0 Å². The molecule has 0 spiro atoms. The van der Waals surface area contributed by atoms with Crippen molar-refractivity contribution in [3.05, 3.63) is 0 Å². The second-order valence-corrected chi connectivity index (χ2v) is 5.70. The second-order valence-electron chi connectivity index (χ2n) is 5.70. The molecule has 0 aliphatic heterocycles. The van der Waals surface area contributed by atoms with Crippen LogP contribution >= 0.6 is 0 Å². The smallest absolute Gasteiger partial charge is 0.0431 e. The molecule has 1 aliphatic carbocycles. The van der Waals surface area contributed by atoms with Gasteiger partial charge in [0.25, 0.3) is 0 Å². The Morgan fingerprint density at radius 3 is 2.24 bits per heavy atom. The van der Waals surface area contributed by atoms with E-state index >= 15 is 0 Å². The molecule has 17 heavy (non-hydrogen) atoms. The zero-order valence-corrected chi connectivity index (χ0v) is 11.8. The summed E-state index contributed by atoms with van der Waals surface area (Å²) in [5, 5.41) is 8.72. The van der Waals surface area contributed by atoms with Gasteiger partial charge in [0.1, 0.15) is 0 Å². The highest BCUT2D eigenvalue weighted by atomic mass is 16.2. The summed E-state index contributed by atoms with van der Waals surface area (Å²) in [6, 6.07) is 0.843. The monoisotopic (exact) mass is 241 g/mol. The Balaban J connectivity index is 2.05. The van der Waals surface area contributed by atoms with Crippen molar-refractivity contribution < 1.29 is 5.11 Å². The van der Waals surface area contributed by atoms with Gasteiger partial charge < -0.3 is 10.0 Å². The minimum Gasteiger partial charge on any atom is -0.396 e. The largest absolute Gasteiger partial charge is 0.396 e. The van der Waals surface area contributed by atoms with Gasteiger partial charge >= 0.3 is 0 Å². The Kier molecular flexibility index (Phi) is 7.87. The molecule has 1 saturated carbocycles. The maximum atomic E-state index is 8.72. The van der Waals surface area contributed by atoms with Crippen LogP contribution in [0, 0.1) is 5.92 Å². The van der Waals surface area contributed by atoms with Gasteiger partial charge in [0.05, 0.1) is 0 Å². The fourth-order valence-electron chi connectivity index (χ4n) is 3.00. The van der Waals surface area contributed by atoms with Crippen LogP contribution in [-0.4, -0.2) is 36.2 Å². The fraction of sp³-hybridized carbons (Fsp3) is 1.00. The number of aliphatic hydroxyl groups is 1. The highest BCUT2D eigenvalue weighted by Crippen LogP contribution is 2.28. The Hall–Kier alpha value is -0.0800. The summed E-state index contributed by atoms with van der Waals surface area (Å²) >= 11 is 0. The zero-order chi connectivity index (χ0) is 12.5. The van der Waals surface area contributed by atoms with E-state index in [9.17, 15) is 0 Å². The molecule has 0 bridgehead atoms. The van der Waals surface area contributed by atoms with Gasteiger partial charge in [-0.2, -0.15) is 0 Å². The van der Waals surface area contributed by atoms with Gasteiger partial charge in [0.15, 0.2) is 0 Å². The molecule has 0 atom stereocenters. The maximum absolute atomic E-state index is 8.72. The van der Waals surface area contributed by atoms with Crippen LogP contribution < -0.4 is 0 Å². The van der Waals surface area contributed by atoms with Crippen LogP contribution in [0.3, 0.4) is 0 Å². The first-order valence-electron chi connectivity index (χ1n) is 7.59. The number of hydrogen-bond acceptors (Lipinski definition) is 2. The average molecular weight is 241 g/mol. The molecular formula is C15H31NO. The number of unbranched alkanes of at least 4 members (excludes halogenated alkanes) is 3. The third kappa shape index (κ3) is 5.87. The lowest BCUT2D eigenvalue weighted by Crippen LogP contribution is -2.35. The summed E-state index contributed by atoms with van der Waals surface area (Å²) in [4.78, 5) is 2.57. The maximum Gasteiger partial charge on any atom is 0.0431 e. The molecule has 2 nitrogen and oxygen atoms in total. The van der Waals surface area contributed by atoms with Gasteiger partial charge in [0, 0.05) is 12.6 Å². The molecule has 1 rings (SSSR count). The van der Waals surface area contributed by atoms with E-state index in [0.29, 0.717) is 6.61 Å². The van der Waals surface area contributed by atoms with E-state index in [1.165, 1.54) is 57.9 Å². The van der Waals surface area contributed by atoms with Crippen LogP contribution in [0.25, 0.3) is 0 Å². The molecule has 1 N–H and O–H groups in total. The lowest BCUT2D eigenvalue weighted by Gasteiger charge is -2.34. The Morgan fingerprint density at radius 1 is 1.00 bits per heavy atom. The Bertz CT molecular complexity index is 176. The van der Waals surface area contributed by atoms with Crippen LogP contribution in [-0.2, 0) is 0 Å². The van der Waals surface area contributed by atoms with Crippen molar-refractivity contribution in [3.8, 4) is 0 Å². The first-order chi connectivity index (χ1) is 8.27. The Labute approximate surface area is 107 Å². The quantitative estimate of drug-likeness (QED) is 0.658. The van der Waals surface area contributed by atoms with Gasteiger partial charge in [-0.3, -0.25) is 0 Å². The predicted molar refractivity (Wildman–Crippen MR) is 74.2 cm³/mol. The first kappa shape index (κ1) is 15.0. The zero-order valence-electron chi connectivity index (χ0n) is 11.8. The van der Waals surface area contributed by atoms with Crippen molar-refractivity contribution in [2.24, 2.45) is 5.92 Å². The highest BCUT2D eigenvalue weighted by Gasteiger charge is 2.22. The standard InChI is InChI=1S/C15H31NO/c1-3-14-8-10-15(11-9-14)16(2)12-6-4-5-7-13-17/h14-15,17H,3-13H2,1-2H3. The molecule has 0 heterocycles. The summed E-state index contributed by atoms with van der Waals surface area (Å²) in [5.41, 5.74) is 0. The van der Waals surface area contributed by atoms with Crippen molar-refractivity contribution in [2.75, 3.05) is 20.2 Å². The summed E-state index contributed by atoms with van der Waals surface area (Å²) in [6.45, 7) is 3.93. The molecule has 0 aromatic carbocycles. The van der Waals surface area contributed by atoms with Gasteiger partial charge in [-0.25, -0.2) is 0 Å². The third-order valence-corrected chi connectivity index (χ3v) is 4.44. The Morgan fingerprint density at radius 2 is 1.65 bits per heavy atom. The summed E-state index contributed by atoms with van der Waals surface area (Å²) in [5.74, 6) is 1.00. The molecule has 0 aromatic heterocycles. The van der Waals surface area contributed by atoms with Crippen molar-refractivity contribution in [2.45, 2.75) is 70.8 Å². The molecular weight excluding hydrogens is 210 g/mol. The number of rotatable bonds is 8. The molecule has 2 heteroatoms. The minimum absolute atomic E-state index is 0.358. The van der Waals surface area contributed by atoms with Crippen LogP contribution in [0.1, 0.15) is 64.7 Å². The van der Waals surface area contributed by atoms with Crippen molar-refractivity contribution >= 4 is 0 Å².